The number of para-hydroxylation sites is 1. The zero-order valence-electron chi connectivity index (χ0n) is 13.3. The molecular weight excluding hydrogens is 280 g/mol. The van der Waals surface area contributed by atoms with Gasteiger partial charge in [0.05, 0.1) is 12.8 Å². The third kappa shape index (κ3) is 2.57. The van der Waals surface area contributed by atoms with Crippen LogP contribution in [0.25, 0.3) is 0 Å². The maximum absolute atomic E-state index is 10.3. The smallest absolute Gasteiger partial charge is 0.162 e. The third-order valence-electron chi connectivity index (χ3n) is 4.46. The van der Waals surface area contributed by atoms with Gasteiger partial charge in [-0.1, -0.05) is 17.3 Å². The summed E-state index contributed by atoms with van der Waals surface area (Å²) in [6.45, 7) is 5.66. The molecule has 1 saturated heterocycles. The van der Waals surface area contributed by atoms with Crippen molar-refractivity contribution in [1.82, 2.24) is 10.1 Å². The van der Waals surface area contributed by atoms with Crippen molar-refractivity contribution in [3.8, 4) is 11.5 Å². The van der Waals surface area contributed by atoms with Crippen molar-refractivity contribution < 1.29 is 14.4 Å². The maximum Gasteiger partial charge on any atom is 0.162 e. The average Bonchev–Trinajstić information content (AvgIpc) is 3.08. The summed E-state index contributed by atoms with van der Waals surface area (Å²) in [7, 11) is 1.57. The number of nitrogens with zero attached hydrogens (tertiary/aromatic N) is 2. The van der Waals surface area contributed by atoms with E-state index in [1.165, 1.54) is 5.56 Å². The molecule has 1 aliphatic rings. The Morgan fingerprint density at radius 3 is 2.91 bits per heavy atom. The summed E-state index contributed by atoms with van der Waals surface area (Å²) >= 11 is 0. The molecule has 0 aliphatic carbocycles. The predicted octanol–water partition coefficient (Wildman–Crippen LogP) is 3.34. The van der Waals surface area contributed by atoms with E-state index >= 15 is 0 Å². The normalized spacial score (nSPS) is 18.8. The van der Waals surface area contributed by atoms with Gasteiger partial charge in [0, 0.05) is 23.7 Å². The average molecular weight is 302 g/mol. The molecule has 22 heavy (non-hydrogen) atoms. The van der Waals surface area contributed by atoms with Crippen LogP contribution in [0.1, 0.15) is 41.5 Å². The molecule has 5 nitrogen and oxygen atoms in total. The lowest BCUT2D eigenvalue weighted by molar-refractivity contribution is 0.241. The van der Waals surface area contributed by atoms with E-state index < -0.39 is 0 Å². The molecule has 1 aliphatic heterocycles. The number of benzene rings is 1. The van der Waals surface area contributed by atoms with Gasteiger partial charge in [0.15, 0.2) is 11.5 Å². The largest absolute Gasteiger partial charge is 0.504 e. The summed E-state index contributed by atoms with van der Waals surface area (Å²) in [6, 6.07) is 5.93. The van der Waals surface area contributed by atoms with E-state index in [0.29, 0.717) is 18.3 Å². The Hall–Kier alpha value is -2.01. The molecule has 118 valence electrons. The first kappa shape index (κ1) is 14.9. The number of hydrogen-bond acceptors (Lipinski definition) is 5. The molecule has 0 bridgehead atoms. The summed E-state index contributed by atoms with van der Waals surface area (Å²) in [6.07, 6.45) is 2.23. The van der Waals surface area contributed by atoms with Gasteiger partial charge in [-0.25, -0.2) is 0 Å². The van der Waals surface area contributed by atoms with Crippen LogP contribution in [0.5, 0.6) is 11.5 Å². The van der Waals surface area contributed by atoms with Crippen molar-refractivity contribution in [2.45, 2.75) is 39.3 Å². The second kappa shape index (κ2) is 6.01. The molecule has 0 amide bonds. The number of aryl methyl sites for hydroxylation is 2. The fourth-order valence-electron chi connectivity index (χ4n) is 3.39. The quantitative estimate of drug-likeness (QED) is 0.938. The lowest BCUT2D eigenvalue weighted by Crippen LogP contribution is -2.23. The van der Waals surface area contributed by atoms with Crippen molar-refractivity contribution >= 4 is 0 Å². The van der Waals surface area contributed by atoms with Crippen molar-refractivity contribution in [3.05, 3.63) is 40.8 Å². The molecule has 0 radical (unpaired) electrons. The van der Waals surface area contributed by atoms with Crippen molar-refractivity contribution in [2.24, 2.45) is 0 Å². The Morgan fingerprint density at radius 2 is 2.23 bits per heavy atom. The van der Waals surface area contributed by atoms with Crippen molar-refractivity contribution in [3.63, 3.8) is 0 Å². The number of aromatic nitrogens is 1. The number of rotatable bonds is 4. The fourth-order valence-corrected chi connectivity index (χ4v) is 3.39. The summed E-state index contributed by atoms with van der Waals surface area (Å²) in [5, 5.41) is 14.4. The fraction of sp³-hybridized carbons (Fsp3) is 0.471. The highest BCUT2D eigenvalue weighted by Gasteiger charge is 2.31. The summed E-state index contributed by atoms with van der Waals surface area (Å²) in [4.78, 5) is 2.38. The molecule has 3 rings (SSSR count). The molecule has 2 heterocycles. The van der Waals surface area contributed by atoms with E-state index in [1.807, 2.05) is 26.0 Å². The minimum Gasteiger partial charge on any atom is -0.504 e. The number of aromatic hydroxyl groups is 1. The highest BCUT2D eigenvalue weighted by Crippen LogP contribution is 2.38. The van der Waals surface area contributed by atoms with E-state index in [2.05, 4.69) is 10.1 Å². The minimum absolute atomic E-state index is 0.231. The Morgan fingerprint density at radius 1 is 1.41 bits per heavy atom. The second-order valence-electron chi connectivity index (χ2n) is 5.83. The van der Waals surface area contributed by atoms with Crippen LogP contribution < -0.4 is 4.74 Å². The Balaban J connectivity index is 1.86. The van der Waals surface area contributed by atoms with Crippen LogP contribution in [0.2, 0.25) is 0 Å². The topological polar surface area (TPSA) is 58.7 Å². The van der Waals surface area contributed by atoms with E-state index in [-0.39, 0.29) is 5.75 Å². The lowest BCUT2D eigenvalue weighted by atomic mass is 10.0. The van der Waals surface area contributed by atoms with E-state index in [9.17, 15) is 5.11 Å². The van der Waals surface area contributed by atoms with Crippen LogP contribution >= 0.6 is 0 Å². The van der Waals surface area contributed by atoms with Crippen LogP contribution in [0.4, 0.5) is 0 Å². The monoisotopic (exact) mass is 302 g/mol. The Kier molecular flexibility index (Phi) is 4.07. The number of phenolic OH excluding ortho intramolecular Hbond substituents is 1. The van der Waals surface area contributed by atoms with Gasteiger partial charge in [-0.05, 0) is 39.3 Å². The van der Waals surface area contributed by atoms with Gasteiger partial charge in [-0.3, -0.25) is 4.90 Å². The number of phenols is 1. The molecule has 1 atom stereocenters. The van der Waals surface area contributed by atoms with Gasteiger partial charge in [-0.15, -0.1) is 0 Å². The standard InChI is InChI=1S/C17H22N2O3/c1-11-16(12(2)22-18-11)14-7-5-9-19(14)10-13-6-4-8-15(21-3)17(13)20/h4,6,8,14,20H,5,7,9-10H2,1-3H3. The van der Waals surface area contributed by atoms with E-state index in [1.54, 1.807) is 13.2 Å². The third-order valence-corrected chi connectivity index (χ3v) is 4.46. The molecule has 2 aromatic rings. The van der Waals surface area contributed by atoms with Crippen LogP contribution in [0.3, 0.4) is 0 Å². The van der Waals surface area contributed by atoms with Gasteiger partial charge in [0.2, 0.25) is 0 Å². The van der Waals surface area contributed by atoms with Gasteiger partial charge < -0.3 is 14.4 Å². The number of hydrogen-bond donors (Lipinski definition) is 1. The molecule has 1 aromatic carbocycles. The highest BCUT2D eigenvalue weighted by molar-refractivity contribution is 5.45. The van der Waals surface area contributed by atoms with E-state index in [4.69, 9.17) is 9.26 Å². The molecule has 1 unspecified atom stereocenters. The maximum atomic E-state index is 10.3. The molecule has 0 spiro atoms. The van der Waals surface area contributed by atoms with Crippen molar-refractivity contribution in [1.29, 1.82) is 0 Å². The molecule has 1 N–H and O–H groups in total. The molecular formula is C17H22N2O3. The summed E-state index contributed by atoms with van der Waals surface area (Å²) < 4.78 is 10.5. The van der Waals surface area contributed by atoms with Gasteiger partial charge in [0.1, 0.15) is 5.76 Å². The second-order valence-corrected chi connectivity index (χ2v) is 5.83. The number of ether oxygens (including phenoxy) is 1. The summed E-state index contributed by atoms with van der Waals surface area (Å²) in [5.74, 6) is 1.64. The van der Waals surface area contributed by atoms with Gasteiger partial charge >= 0.3 is 0 Å². The lowest BCUT2D eigenvalue weighted by Gasteiger charge is -2.25. The Labute approximate surface area is 130 Å². The SMILES string of the molecule is COc1cccc(CN2CCCC2c2c(C)noc2C)c1O. The molecule has 1 aromatic heterocycles. The van der Waals surface area contributed by atoms with Crippen LogP contribution in [-0.4, -0.2) is 28.8 Å². The minimum atomic E-state index is 0.231. The highest BCUT2D eigenvalue weighted by atomic mass is 16.5. The predicted molar refractivity (Wildman–Crippen MR) is 83.0 cm³/mol. The number of methoxy groups -OCH3 is 1. The van der Waals surface area contributed by atoms with Gasteiger partial charge in [-0.2, -0.15) is 0 Å². The first-order valence-electron chi connectivity index (χ1n) is 7.63. The van der Waals surface area contributed by atoms with Gasteiger partial charge in [0.25, 0.3) is 0 Å². The Bertz CT molecular complexity index is 646. The summed E-state index contributed by atoms with van der Waals surface area (Å²) in [5.41, 5.74) is 3.04. The molecule has 5 heteroatoms. The zero-order chi connectivity index (χ0) is 15.7. The number of likely N-dealkylation sites (tertiary alicyclic amines) is 1. The van der Waals surface area contributed by atoms with Crippen molar-refractivity contribution in [2.75, 3.05) is 13.7 Å². The van der Waals surface area contributed by atoms with Crippen LogP contribution in [-0.2, 0) is 6.54 Å². The zero-order valence-corrected chi connectivity index (χ0v) is 13.3. The first-order chi connectivity index (χ1) is 10.6. The van der Waals surface area contributed by atoms with Crippen LogP contribution in [0, 0.1) is 13.8 Å². The van der Waals surface area contributed by atoms with E-state index in [0.717, 1.165) is 36.4 Å². The first-order valence-corrected chi connectivity index (χ1v) is 7.63. The van der Waals surface area contributed by atoms with Crippen LogP contribution in [0.15, 0.2) is 22.7 Å². The molecule has 1 fully saturated rings. The molecule has 0 saturated carbocycles.